The summed E-state index contributed by atoms with van der Waals surface area (Å²) < 4.78 is 0. The third-order valence-corrected chi connectivity index (χ3v) is 5.17. The largest absolute Gasteiger partial charge is 0.313 e. The van der Waals surface area contributed by atoms with E-state index < -0.39 is 0 Å². The van der Waals surface area contributed by atoms with Crippen molar-refractivity contribution in [1.29, 1.82) is 0 Å². The minimum Gasteiger partial charge on any atom is -0.313 e. The zero-order valence-corrected chi connectivity index (χ0v) is 12.3. The van der Waals surface area contributed by atoms with Crippen molar-refractivity contribution in [2.75, 3.05) is 6.54 Å². The maximum absolute atomic E-state index is 3.90. The summed E-state index contributed by atoms with van der Waals surface area (Å²) >= 11 is 0. The van der Waals surface area contributed by atoms with Gasteiger partial charge in [0.15, 0.2) is 0 Å². The molecule has 2 aliphatic carbocycles. The Labute approximate surface area is 108 Å². The predicted octanol–water partition coefficient (Wildman–Crippen LogP) is 4.37. The second-order valence-electron chi connectivity index (χ2n) is 7.62. The van der Waals surface area contributed by atoms with Gasteiger partial charge < -0.3 is 5.32 Å². The molecule has 0 spiro atoms. The van der Waals surface area contributed by atoms with Crippen molar-refractivity contribution in [3.8, 4) is 0 Å². The van der Waals surface area contributed by atoms with Crippen molar-refractivity contribution in [2.24, 2.45) is 16.7 Å². The zero-order valence-electron chi connectivity index (χ0n) is 12.3. The smallest absolute Gasteiger partial charge is 0.00933 e. The second kappa shape index (κ2) is 4.91. The predicted molar refractivity (Wildman–Crippen MR) is 75.2 cm³/mol. The van der Waals surface area contributed by atoms with Crippen LogP contribution in [0.5, 0.6) is 0 Å². The van der Waals surface area contributed by atoms with Gasteiger partial charge in [0.05, 0.1) is 0 Å². The molecular formula is C16H31N. The van der Waals surface area contributed by atoms with Gasteiger partial charge in [-0.15, -0.1) is 0 Å². The molecule has 2 aliphatic rings. The molecule has 0 aromatic carbocycles. The topological polar surface area (TPSA) is 12.0 Å². The molecular weight excluding hydrogens is 206 g/mol. The summed E-state index contributed by atoms with van der Waals surface area (Å²) in [6.07, 6.45) is 9.92. The van der Waals surface area contributed by atoms with Crippen LogP contribution in [0.4, 0.5) is 0 Å². The molecule has 0 aliphatic heterocycles. The molecule has 0 aromatic heterocycles. The van der Waals surface area contributed by atoms with Crippen LogP contribution in [0.2, 0.25) is 0 Å². The molecule has 2 fully saturated rings. The van der Waals surface area contributed by atoms with E-state index in [0.717, 1.165) is 12.0 Å². The summed E-state index contributed by atoms with van der Waals surface area (Å²) in [5.74, 6) is 0.858. The molecule has 2 unspecified atom stereocenters. The molecule has 17 heavy (non-hydrogen) atoms. The van der Waals surface area contributed by atoms with Crippen molar-refractivity contribution in [2.45, 2.75) is 78.7 Å². The highest BCUT2D eigenvalue weighted by Crippen LogP contribution is 2.49. The second-order valence-corrected chi connectivity index (χ2v) is 7.62. The Hall–Kier alpha value is -0.0400. The van der Waals surface area contributed by atoms with Gasteiger partial charge in [-0.25, -0.2) is 0 Å². The third-order valence-electron chi connectivity index (χ3n) is 5.17. The van der Waals surface area contributed by atoms with Gasteiger partial charge in [0.1, 0.15) is 0 Å². The van der Waals surface area contributed by atoms with Crippen LogP contribution in [0.15, 0.2) is 0 Å². The fourth-order valence-electron chi connectivity index (χ4n) is 3.82. The highest BCUT2D eigenvalue weighted by Gasteiger charge is 2.42. The molecule has 0 heterocycles. The Morgan fingerprint density at radius 3 is 2.41 bits per heavy atom. The average Bonchev–Trinajstić information content (AvgIpc) is 2.96. The van der Waals surface area contributed by atoms with Gasteiger partial charge in [-0.2, -0.15) is 0 Å². The molecule has 1 heteroatoms. The minimum absolute atomic E-state index is 0.582. The SMILES string of the molecule is CCCC1(CNC2CCC(C)(C)CC2C)CC1. The van der Waals surface area contributed by atoms with Crippen LogP contribution in [-0.4, -0.2) is 12.6 Å². The van der Waals surface area contributed by atoms with Gasteiger partial charge in [-0.3, -0.25) is 0 Å². The lowest BCUT2D eigenvalue weighted by molar-refractivity contribution is 0.144. The fourth-order valence-corrected chi connectivity index (χ4v) is 3.82. The summed E-state index contributed by atoms with van der Waals surface area (Å²) in [6, 6.07) is 0.789. The van der Waals surface area contributed by atoms with E-state index in [-0.39, 0.29) is 0 Å². The Morgan fingerprint density at radius 2 is 1.88 bits per heavy atom. The van der Waals surface area contributed by atoms with E-state index in [1.165, 1.54) is 51.5 Å². The van der Waals surface area contributed by atoms with Crippen LogP contribution in [0.25, 0.3) is 0 Å². The average molecular weight is 237 g/mol. The fraction of sp³-hybridized carbons (Fsp3) is 1.00. The van der Waals surface area contributed by atoms with Gasteiger partial charge >= 0.3 is 0 Å². The van der Waals surface area contributed by atoms with E-state index >= 15 is 0 Å². The molecule has 0 saturated heterocycles. The first-order valence-electron chi connectivity index (χ1n) is 7.70. The van der Waals surface area contributed by atoms with E-state index in [2.05, 4.69) is 33.0 Å². The first-order valence-corrected chi connectivity index (χ1v) is 7.70. The molecule has 1 nitrogen and oxygen atoms in total. The van der Waals surface area contributed by atoms with Gasteiger partial charge in [-0.1, -0.05) is 34.1 Å². The Balaban J connectivity index is 1.77. The number of rotatable bonds is 5. The van der Waals surface area contributed by atoms with Crippen LogP contribution in [-0.2, 0) is 0 Å². The molecule has 2 atom stereocenters. The van der Waals surface area contributed by atoms with Crippen molar-refractivity contribution in [1.82, 2.24) is 5.32 Å². The summed E-state index contributed by atoms with van der Waals surface area (Å²) in [7, 11) is 0. The summed E-state index contributed by atoms with van der Waals surface area (Å²) in [4.78, 5) is 0. The van der Waals surface area contributed by atoms with Crippen LogP contribution < -0.4 is 5.32 Å². The standard InChI is InChI=1S/C16H31N/c1-5-7-16(9-10-16)12-17-14-6-8-15(3,4)11-13(14)2/h13-14,17H,5-12H2,1-4H3. The van der Waals surface area contributed by atoms with E-state index in [0.29, 0.717) is 10.8 Å². The number of hydrogen-bond donors (Lipinski definition) is 1. The molecule has 2 saturated carbocycles. The van der Waals surface area contributed by atoms with Crippen molar-refractivity contribution in [3.05, 3.63) is 0 Å². The first-order chi connectivity index (χ1) is 7.96. The Kier molecular flexibility index (Phi) is 3.87. The molecule has 0 aromatic rings. The Bertz CT molecular complexity index is 252. The maximum atomic E-state index is 3.90. The monoisotopic (exact) mass is 237 g/mol. The van der Waals surface area contributed by atoms with Crippen molar-refractivity contribution in [3.63, 3.8) is 0 Å². The van der Waals surface area contributed by atoms with E-state index in [1.54, 1.807) is 0 Å². The molecule has 2 rings (SSSR count). The van der Waals surface area contributed by atoms with E-state index in [9.17, 15) is 0 Å². The molecule has 1 N–H and O–H groups in total. The van der Waals surface area contributed by atoms with Crippen LogP contribution >= 0.6 is 0 Å². The highest BCUT2D eigenvalue weighted by molar-refractivity contribution is 4.96. The first kappa shape index (κ1) is 13.4. The molecule has 0 radical (unpaired) electrons. The summed E-state index contributed by atoms with van der Waals surface area (Å²) in [6.45, 7) is 10.9. The third kappa shape index (κ3) is 3.47. The molecule has 100 valence electrons. The quantitative estimate of drug-likeness (QED) is 0.748. The summed E-state index contributed by atoms with van der Waals surface area (Å²) in [5, 5.41) is 3.90. The molecule has 0 amide bonds. The van der Waals surface area contributed by atoms with Crippen LogP contribution in [0.3, 0.4) is 0 Å². The lowest BCUT2D eigenvalue weighted by Crippen LogP contribution is -2.43. The van der Waals surface area contributed by atoms with Crippen molar-refractivity contribution < 1.29 is 0 Å². The van der Waals surface area contributed by atoms with Gasteiger partial charge in [0.25, 0.3) is 0 Å². The van der Waals surface area contributed by atoms with Crippen molar-refractivity contribution >= 4 is 0 Å². The van der Waals surface area contributed by atoms with Gasteiger partial charge in [0.2, 0.25) is 0 Å². The number of hydrogen-bond acceptors (Lipinski definition) is 1. The summed E-state index contributed by atoms with van der Waals surface area (Å²) in [5.41, 5.74) is 1.29. The van der Waals surface area contributed by atoms with Crippen LogP contribution in [0.1, 0.15) is 72.6 Å². The zero-order chi connectivity index (χ0) is 12.5. The lowest BCUT2D eigenvalue weighted by atomic mass is 9.70. The Morgan fingerprint density at radius 1 is 1.18 bits per heavy atom. The highest BCUT2D eigenvalue weighted by atomic mass is 14.9. The van der Waals surface area contributed by atoms with Crippen LogP contribution in [0, 0.1) is 16.7 Å². The van der Waals surface area contributed by atoms with E-state index in [4.69, 9.17) is 0 Å². The lowest BCUT2D eigenvalue weighted by Gasteiger charge is -2.40. The van der Waals surface area contributed by atoms with E-state index in [1.807, 2.05) is 0 Å². The van der Waals surface area contributed by atoms with Gasteiger partial charge in [0, 0.05) is 12.6 Å². The number of nitrogens with one attached hydrogen (secondary N) is 1. The van der Waals surface area contributed by atoms with Gasteiger partial charge in [-0.05, 0) is 55.3 Å². The minimum atomic E-state index is 0.582. The normalized spacial score (nSPS) is 34.6. The molecule has 0 bridgehead atoms. The maximum Gasteiger partial charge on any atom is 0.00933 e.